The third-order valence-corrected chi connectivity index (χ3v) is 5.91. The van der Waals surface area contributed by atoms with Gasteiger partial charge in [0.05, 0.1) is 12.2 Å². The predicted molar refractivity (Wildman–Crippen MR) is 98.4 cm³/mol. The molecule has 0 aromatic carbocycles. The number of anilines is 1. The van der Waals surface area contributed by atoms with E-state index in [0.29, 0.717) is 24.6 Å². The molecule has 1 aromatic heterocycles. The van der Waals surface area contributed by atoms with Gasteiger partial charge in [-0.05, 0) is 18.9 Å². The number of thiazole rings is 1. The molecule has 10 heteroatoms. The van der Waals surface area contributed by atoms with Gasteiger partial charge in [0.15, 0.2) is 11.2 Å². The summed E-state index contributed by atoms with van der Waals surface area (Å²) < 4.78 is 0. The van der Waals surface area contributed by atoms with Gasteiger partial charge < -0.3 is 10.2 Å². The summed E-state index contributed by atoms with van der Waals surface area (Å²) in [6, 6.07) is -0.720. The molecule has 1 atom stereocenters. The van der Waals surface area contributed by atoms with E-state index in [9.17, 15) is 14.4 Å². The van der Waals surface area contributed by atoms with Crippen LogP contribution >= 0.6 is 11.3 Å². The summed E-state index contributed by atoms with van der Waals surface area (Å²) in [5, 5.41) is 13.5. The predicted octanol–water partition coefficient (Wildman–Crippen LogP) is 2.01. The Balaban J connectivity index is 1.36. The molecular formula is C17H20N6O3S. The first-order valence-corrected chi connectivity index (χ1v) is 9.88. The van der Waals surface area contributed by atoms with Gasteiger partial charge in [0.2, 0.25) is 0 Å². The summed E-state index contributed by atoms with van der Waals surface area (Å²) in [7, 11) is 0. The summed E-state index contributed by atoms with van der Waals surface area (Å²) in [4.78, 5) is 42.9. The number of nitrogens with one attached hydrogen (secondary N) is 2. The van der Waals surface area contributed by atoms with Crippen molar-refractivity contribution < 1.29 is 14.4 Å². The smallest absolute Gasteiger partial charge is 0.321 e. The van der Waals surface area contributed by atoms with Crippen molar-refractivity contribution in [1.29, 1.82) is 0 Å². The Morgan fingerprint density at radius 1 is 1.26 bits per heavy atom. The molecule has 1 aliphatic carbocycles. The van der Waals surface area contributed by atoms with Gasteiger partial charge in [0.1, 0.15) is 0 Å². The van der Waals surface area contributed by atoms with E-state index in [4.69, 9.17) is 0 Å². The maximum atomic E-state index is 12.6. The number of carbonyl (C=O) groups excluding carboxylic acids is 3. The van der Waals surface area contributed by atoms with E-state index in [1.54, 1.807) is 4.90 Å². The second kappa shape index (κ2) is 7.55. The highest BCUT2D eigenvalue weighted by atomic mass is 32.1. The number of azo groups is 1. The minimum absolute atomic E-state index is 0.185. The number of aromatic nitrogens is 1. The first kappa shape index (κ1) is 17.8. The molecule has 0 bridgehead atoms. The second-order valence-electron chi connectivity index (χ2n) is 6.84. The van der Waals surface area contributed by atoms with Crippen LogP contribution in [0.4, 0.5) is 9.93 Å². The fraction of sp³-hybridized carbons (Fsp3) is 0.529. The highest BCUT2D eigenvalue weighted by Crippen LogP contribution is 2.29. The summed E-state index contributed by atoms with van der Waals surface area (Å²) >= 11 is 1.39. The van der Waals surface area contributed by atoms with Crippen LogP contribution in [0.1, 0.15) is 36.3 Å². The second-order valence-corrected chi connectivity index (χ2v) is 7.92. The van der Waals surface area contributed by atoms with Crippen LogP contribution < -0.4 is 10.6 Å². The van der Waals surface area contributed by atoms with Crippen LogP contribution in [-0.4, -0.2) is 46.4 Å². The highest BCUT2D eigenvalue weighted by Gasteiger charge is 2.29. The molecule has 9 nitrogen and oxygen atoms in total. The number of hydrogen-bond acceptors (Lipinski definition) is 6. The fourth-order valence-corrected chi connectivity index (χ4v) is 4.53. The lowest BCUT2D eigenvalue weighted by molar-refractivity contribution is -0.132. The lowest BCUT2D eigenvalue weighted by Gasteiger charge is -2.27. The largest absolute Gasteiger partial charge is 0.335 e. The Labute approximate surface area is 159 Å². The molecule has 1 fully saturated rings. The third-order valence-electron chi connectivity index (χ3n) is 4.91. The summed E-state index contributed by atoms with van der Waals surface area (Å²) in [6.45, 7) is 0.947. The lowest BCUT2D eigenvalue weighted by Crippen LogP contribution is -2.41. The molecule has 0 radical (unpaired) electrons. The number of hydrogen-bond donors (Lipinski definition) is 2. The molecule has 3 heterocycles. The van der Waals surface area contributed by atoms with Crippen molar-refractivity contribution in [1.82, 2.24) is 15.2 Å². The van der Waals surface area contributed by atoms with Crippen molar-refractivity contribution >= 4 is 34.3 Å². The van der Waals surface area contributed by atoms with Gasteiger partial charge in [0.25, 0.3) is 11.8 Å². The van der Waals surface area contributed by atoms with Gasteiger partial charge in [-0.25, -0.2) is 9.78 Å². The zero-order valence-electron chi connectivity index (χ0n) is 14.7. The van der Waals surface area contributed by atoms with Crippen molar-refractivity contribution in [3.8, 4) is 0 Å². The number of rotatable bonds is 3. The number of amides is 4. The van der Waals surface area contributed by atoms with E-state index in [-0.39, 0.29) is 18.0 Å². The van der Waals surface area contributed by atoms with E-state index >= 15 is 0 Å². The molecular weight excluding hydrogens is 368 g/mol. The molecule has 3 aliphatic rings. The number of fused-ring (bicyclic) bond motifs is 1. The fourth-order valence-electron chi connectivity index (χ4n) is 3.51. The van der Waals surface area contributed by atoms with E-state index in [0.717, 1.165) is 36.3 Å². The molecule has 1 unspecified atom stereocenters. The van der Waals surface area contributed by atoms with E-state index in [1.807, 2.05) is 0 Å². The van der Waals surface area contributed by atoms with Crippen molar-refractivity contribution in [3.63, 3.8) is 0 Å². The molecule has 4 amide bonds. The Kier molecular flexibility index (Phi) is 4.97. The lowest BCUT2D eigenvalue weighted by atomic mass is 10.1. The van der Waals surface area contributed by atoms with Crippen LogP contribution in [-0.2, 0) is 22.6 Å². The molecule has 1 saturated carbocycles. The van der Waals surface area contributed by atoms with Crippen LogP contribution in [0.25, 0.3) is 0 Å². The van der Waals surface area contributed by atoms with Crippen molar-refractivity contribution in [2.75, 3.05) is 11.9 Å². The normalized spacial score (nSPS) is 22.0. The summed E-state index contributed by atoms with van der Waals surface area (Å²) in [5.41, 5.74) is 0.913. The molecule has 0 spiro atoms. The average molecular weight is 388 g/mol. The Morgan fingerprint density at radius 2 is 2.07 bits per heavy atom. The minimum Gasteiger partial charge on any atom is -0.335 e. The maximum Gasteiger partial charge on any atom is 0.321 e. The van der Waals surface area contributed by atoms with Crippen LogP contribution in [0, 0.1) is 0 Å². The molecule has 1 aromatic rings. The molecule has 27 heavy (non-hydrogen) atoms. The number of nitrogens with zero attached hydrogens (tertiary/aromatic N) is 4. The Bertz CT molecular complexity index is 811. The van der Waals surface area contributed by atoms with Crippen LogP contribution in [0.2, 0.25) is 0 Å². The quantitative estimate of drug-likeness (QED) is 0.824. The van der Waals surface area contributed by atoms with Gasteiger partial charge in [0, 0.05) is 30.0 Å². The van der Waals surface area contributed by atoms with E-state index < -0.39 is 11.9 Å². The molecule has 2 N–H and O–H groups in total. The van der Waals surface area contributed by atoms with Gasteiger partial charge in [-0.15, -0.1) is 5.11 Å². The Morgan fingerprint density at radius 3 is 2.81 bits per heavy atom. The van der Waals surface area contributed by atoms with Crippen LogP contribution in [0.15, 0.2) is 22.4 Å². The van der Waals surface area contributed by atoms with E-state index in [1.165, 1.54) is 23.5 Å². The number of carbonyl (C=O) groups is 3. The van der Waals surface area contributed by atoms with Gasteiger partial charge in [-0.2, -0.15) is 5.11 Å². The monoisotopic (exact) mass is 388 g/mol. The standard InChI is InChI=1S/C17H20N6O3S/c24-14-6-5-12(21-22-14)15(25)23-8-7-11-13(9-23)27-17(19-11)20-16(26)18-10-3-1-2-4-10/h5-6,10,12H,1-4,7-9H2,(H2,18,19,20,26). The van der Waals surface area contributed by atoms with Gasteiger partial charge in [-0.3, -0.25) is 14.9 Å². The number of urea groups is 1. The molecule has 142 valence electrons. The molecule has 0 saturated heterocycles. The molecule has 4 rings (SSSR count). The summed E-state index contributed by atoms with van der Waals surface area (Å²) in [6.07, 6.45) is 7.72. The van der Waals surface area contributed by atoms with Crippen molar-refractivity contribution in [2.24, 2.45) is 10.2 Å². The van der Waals surface area contributed by atoms with Crippen LogP contribution in [0.3, 0.4) is 0 Å². The zero-order valence-corrected chi connectivity index (χ0v) is 15.5. The van der Waals surface area contributed by atoms with Crippen molar-refractivity contribution in [3.05, 3.63) is 22.7 Å². The topological polar surface area (TPSA) is 116 Å². The van der Waals surface area contributed by atoms with E-state index in [2.05, 4.69) is 25.8 Å². The van der Waals surface area contributed by atoms with Crippen molar-refractivity contribution in [2.45, 2.75) is 50.7 Å². The third kappa shape index (κ3) is 4.05. The molecule has 2 aliphatic heterocycles. The summed E-state index contributed by atoms with van der Waals surface area (Å²) in [5.74, 6) is -0.635. The van der Waals surface area contributed by atoms with Crippen LogP contribution in [0.5, 0.6) is 0 Å². The Hall–Kier alpha value is -2.62. The first-order valence-electron chi connectivity index (χ1n) is 9.06. The first-order chi connectivity index (χ1) is 13.1. The maximum absolute atomic E-state index is 12.6. The minimum atomic E-state index is -0.744. The SMILES string of the molecule is O=C1C=CC(C(=O)N2CCc3nc(NC(=O)NC4CCCC4)sc3C2)N=N1. The van der Waals surface area contributed by atoms with Gasteiger partial charge in [-0.1, -0.05) is 24.2 Å². The highest BCUT2D eigenvalue weighted by molar-refractivity contribution is 7.15. The zero-order chi connectivity index (χ0) is 18.8. The van der Waals surface area contributed by atoms with Gasteiger partial charge >= 0.3 is 6.03 Å². The average Bonchev–Trinajstić information content (AvgIpc) is 3.30.